The van der Waals surface area contributed by atoms with Gasteiger partial charge in [0.25, 0.3) is 0 Å². The topological polar surface area (TPSA) is 76.1 Å². The molecule has 1 aromatic heterocycles. The number of ether oxygens (including phenoxy) is 1. The fourth-order valence-corrected chi connectivity index (χ4v) is 2.02. The van der Waals surface area contributed by atoms with Crippen molar-refractivity contribution in [3.8, 4) is 0 Å². The molecule has 0 unspecified atom stereocenters. The first kappa shape index (κ1) is 17.9. The van der Waals surface area contributed by atoms with Gasteiger partial charge in [0, 0.05) is 25.8 Å². The van der Waals surface area contributed by atoms with Gasteiger partial charge in [0.2, 0.25) is 0 Å². The summed E-state index contributed by atoms with van der Waals surface area (Å²) in [5.74, 6) is 0. The summed E-state index contributed by atoms with van der Waals surface area (Å²) in [6.45, 7) is 7.43. The van der Waals surface area contributed by atoms with Gasteiger partial charge in [-0.05, 0) is 38.0 Å². The van der Waals surface area contributed by atoms with E-state index in [-0.39, 0.29) is 0 Å². The van der Waals surface area contributed by atoms with Gasteiger partial charge in [-0.25, -0.2) is 14.8 Å². The SMILES string of the molecule is CC(C)(C)OC(=O)NCc1ccc(CNCc2ccncn2)cc1. The van der Waals surface area contributed by atoms with E-state index in [0.29, 0.717) is 13.1 Å². The third-order valence-electron chi connectivity index (χ3n) is 3.14. The summed E-state index contributed by atoms with van der Waals surface area (Å²) < 4.78 is 5.21. The molecule has 2 rings (SSSR count). The molecular formula is C18H24N4O2. The number of benzene rings is 1. The Morgan fingerprint density at radius 1 is 1.04 bits per heavy atom. The van der Waals surface area contributed by atoms with E-state index in [1.165, 1.54) is 5.56 Å². The number of carbonyl (C=O) groups is 1. The second-order valence-electron chi connectivity index (χ2n) is 6.48. The van der Waals surface area contributed by atoms with E-state index in [9.17, 15) is 4.79 Å². The monoisotopic (exact) mass is 328 g/mol. The van der Waals surface area contributed by atoms with Crippen LogP contribution in [0.25, 0.3) is 0 Å². The largest absolute Gasteiger partial charge is 0.444 e. The van der Waals surface area contributed by atoms with E-state index in [2.05, 4.69) is 20.6 Å². The molecule has 2 aromatic rings. The first-order chi connectivity index (χ1) is 11.4. The highest BCUT2D eigenvalue weighted by atomic mass is 16.6. The van der Waals surface area contributed by atoms with Crippen LogP contribution in [0.3, 0.4) is 0 Å². The number of rotatable bonds is 6. The Balaban J connectivity index is 1.73. The van der Waals surface area contributed by atoms with Crippen LogP contribution in [0, 0.1) is 0 Å². The van der Waals surface area contributed by atoms with Gasteiger partial charge < -0.3 is 15.4 Å². The molecule has 6 heteroatoms. The number of alkyl carbamates (subject to hydrolysis) is 1. The third-order valence-corrected chi connectivity index (χ3v) is 3.14. The predicted molar refractivity (Wildman–Crippen MR) is 92.1 cm³/mol. The summed E-state index contributed by atoms with van der Waals surface area (Å²) >= 11 is 0. The minimum absolute atomic E-state index is 0.405. The maximum Gasteiger partial charge on any atom is 0.407 e. The van der Waals surface area contributed by atoms with Crippen molar-refractivity contribution < 1.29 is 9.53 Å². The van der Waals surface area contributed by atoms with Crippen LogP contribution in [0.1, 0.15) is 37.6 Å². The van der Waals surface area contributed by atoms with Gasteiger partial charge >= 0.3 is 6.09 Å². The highest BCUT2D eigenvalue weighted by Gasteiger charge is 2.15. The summed E-state index contributed by atoms with van der Waals surface area (Å²) in [5, 5.41) is 6.08. The van der Waals surface area contributed by atoms with Crippen molar-refractivity contribution >= 4 is 6.09 Å². The normalized spacial score (nSPS) is 11.1. The van der Waals surface area contributed by atoms with Gasteiger partial charge in [0.05, 0.1) is 5.69 Å². The zero-order valence-corrected chi connectivity index (χ0v) is 14.4. The number of nitrogens with zero attached hydrogens (tertiary/aromatic N) is 2. The smallest absolute Gasteiger partial charge is 0.407 e. The molecule has 1 amide bonds. The van der Waals surface area contributed by atoms with Crippen LogP contribution in [0.2, 0.25) is 0 Å². The highest BCUT2D eigenvalue weighted by Crippen LogP contribution is 2.08. The van der Waals surface area contributed by atoms with Crippen molar-refractivity contribution in [2.24, 2.45) is 0 Å². The molecule has 0 aliphatic rings. The molecule has 24 heavy (non-hydrogen) atoms. The lowest BCUT2D eigenvalue weighted by Gasteiger charge is -2.19. The first-order valence-corrected chi connectivity index (χ1v) is 7.93. The van der Waals surface area contributed by atoms with Crippen LogP contribution in [0.5, 0.6) is 0 Å². The van der Waals surface area contributed by atoms with Gasteiger partial charge in [-0.15, -0.1) is 0 Å². The first-order valence-electron chi connectivity index (χ1n) is 7.93. The number of hydrogen-bond acceptors (Lipinski definition) is 5. The maximum absolute atomic E-state index is 11.6. The van der Waals surface area contributed by atoms with Crippen molar-refractivity contribution in [2.45, 2.75) is 46.0 Å². The van der Waals surface area contributed by atoms with E-state index in [0.717, 1.165) is 17.8 Å². The Morgan fingerprint density at radius 2 is 1.71 bits per heavy atom. The molecule has 0 radical (unpaired) electrons. The van der Waals surface area contributed by atoms with E-state index < -0.39 is 11.7 Å². The van der Waals surface area contributed by atoms with Crippen molar-refractivity contribution in [3.63, 3.8) is 0 Å². The molecule has 0 bridgehead atoms. The van der Waals surface area contributed by atoms with Crippen LogP contribution in [-0.4, -0.2) is 21.7 Å². The number of hydrogen-bond donors (Lipinski definition) is 2. The molecule has 0 aliphatic carbocycles. The zero-order valence-electron chi connectivity index (χ0n) is 14.4. The Hall–Kier alpha value is -2.47. The van der Waals surface area contributed by atoms with Crippen LogP contribution < -0.4 is 10.6 Å². The van der Waals surface area contributed by atoms with Crippen molar-refractivity contribution in [3.05, 3.63) is 59.7 Å². The standard InChI is InChI=1S/C18H24N4O2/c1-18(2,3)24-17(23)21-11-15-6-4-14(5-7-15)10-20-12-16-8-9-19-13-22-16/h4-9,13,20H,10-12H2,1-3H3,(H,21,23). The van der Waals surface area contributed by atoms with E-state index in [1.807, 2.05) is 51.1 Å². The fraction of sp³-hybridized carbons (Fsp3) is 0.389. The number of carbonyl (C=O) groups excluding carboxylic acids is 1. The minimum Gasteiger partial charge on any atom is -0.444 e. The van der Waals surface area contributed by atoms with Gasteiger partial charge in [-0.1, -0.05) is 24.3 Å². The summed E-state index contributed by atoms with van der Waals surface area (Å²) in [4.78, 5) is 19.7. The molecule has 1 aromatic carbocycles. The van der Waals surface area contributed by atoms with Crippen LogP contribution in [0.4, 0.5) is 4.79 Å². The van der Waals surface area contributed by atoms with Crippen molar-refractivity contribution in [1.82, 2.24) is 20.6 Å². The summed E-state index contributed by atoms with van der Waals surface area (Å²) in [6, 6.07) is 9.97. The minimum atomic E-state index is -0.483. The highest BCUT2D eigenvalue weighted by molar-refractivity contribution is 5.67. The molecule has 1 heterocycles. The quantitative estimate of drug-likeness (QED) is 0.853. The maximum atomic E-state index is 11.6. The Morgan fingerprint density at radius 3 is 2.29 bits per heavy atom. The van der Waals surface area contributed by atoms with Crippen LogP contribution in [-0.2, 0) is 24.4 Å². The van der Waals surface area contributed by atoms with Crippen molar-refractivity contribution in [1.29, 1.82) is 0 Å². The van der Waals surface area contributed by atoms with Gasteiger partial charge in [-0.2, -0.15) is 0 Å². The van der Waals surface area contributed by atoms with Crippen LogP contribution >= 0.6 is 0 Å². The molecule has 2 N–H and O–H groups in total. The molecule has 128 valence electrons. The van der Waals surface area contributed by atoms with Gasteiger partial charge in [0.15, 0.2) is 0 Å². The Labute approximate surface area is 142 Å². The van der Waals surface area contributed by atoms with E-state index in [4.69, 9.17) is 4.74 Å². The molecule has 0 fully saturated rings. The van der Waals surface area contributed by atoms with Gasteiger partial charge in [-0.3, -0.25) is 0 Å². The molecule has 0 saturated carbocycles. The summed E-state index contributed by atoms with van der Waals surface area (Å²) in [5.41, 5.74) is 2.68. The molecular weight excluding hydrogens is 304 g/mol. The zero-order chi connectivity index (χ0) is 17.4. The molecule has 0 spiro atoms. The van der Waals surface area contributed by atoms with Crippen molar-refractivity contribution in [2.75, 3.05) is 0 Å². The van der Waals surface area contributed by atoms with Gasteiger partial charge in [0.1, 0.15) is 11.9 Å². The average molecular weight is 328 g/mol. The molecule has 0 aliphatic heterocycles. The molecule has 0 saturated heterocycles. The lowest BCUT2D eigenvalue weighted by atomic mass is 10.1. The molecule has 0 atom stereocenters. The number of aromatic nitrogens is 2. The third kappa shape index (κ3) is 6.75. The van der Waals surface area contributed by atoms with E-state index in [1.54, 1.807) is 12.5 Å². The lowest BCUT2D eigenvalue weighted by Crippen LogP contribution is -2.32. The summed E-state index contributed by atoms with van der Waals surface area (Å²) in [7, 11) is 0. The molecule has 6 nitrogen and oxygen atoms in total. The predicted octanol–water partition coefficient (Wildman–Crippen LogP) is 2.79. The second-order valence-corrected chi connectivity index (χ2v) is 6.48. The number of nitrogens with one attached hydrogen (secondary N) is 2. The lowest BCUT2D eigenvalue weighted by molar-refractivity contribution is 0.0523. The Bertz CT molecular complexity index is 636. The average Bonchev–Trinajstić information content (AvgIpc) is 2.53. The fourth-order valence-electron chi connectivity index (χ4n) is 2.02. The van der Waals surface area contributed by atoms with E-state index >= 15 is 0 Å². The Kier molecular flexibility index (Phi) is 6.26. The second kappa shape index (κ2) is 8.40. The van der Waals surface area contributed by atoms with Crippen LogP contribution in [0.15, 0.2) is 42.9 Å². The summed E-state index contributed by atoms with van der Waals surface area (Å²) in [6.07, 6.45) is 2.87. The number of amides is 1.